The van der Waals surface area contributed by atoms with Gasteiger partial charge in [-0.05, 0) is 37.3 Å². The number of benzene rings is 1. The van der Waals surface area contributed by atoms with E-state index >= 15 is 0 Å². The molecule has 0 atom stereocenters. The Morgan fingerprint density at radius 1 is 1.08 bits per heavy atom. The highest BCUT2D eigenvalue weighted by Crippen LogP contribution is 2.20. The molecule has 0 aliphatic carbocycles. The first-order valence-corrected chi connectivity index (χ1v) is 8.39. The standard InChI is InChI=1S/C18H22N4O3/c1-3-22-17(23)9-8-16(19-22)18(24)21-12-10-20(11-13-21)14-4-6-15(25-2)7-5-14/h4-9H,3,10-13H2,1-2H3. The highest BCUT2D eigenvalue weighted by molar-refractivity contribution is 5.92. The summed E-state index contributed by atoms with van der Waals surface area (Å²) in [7, 11) is 1.65. The van der Waals surface area contributed by atoms with E-state index in [2.05, 4.69) is 10.00 Å². The lowest BCUT2D eigenvalue weighted by Gasteiger charge is -2.36. The number of aromatic nitrogens is 2. The van der Waals surface area contributed by atoms with Gasteiger partial charge in [0.15, 0.2) is 0 Å². The number of methoxy groups -OCH3 is 1. The lowest BCUT2D eigenvalue weighted by atomic mass is 10.2. The summed E-state index contributed by atoms with van der Waals surface area (Å²) in [4.78, 5) is 28.3. The molecule has 7 nitrogen and oxygen atoms in total. The van der Waals surface area contributed by atoms with E-state index in [9.17, 15) is 9.59 Å². The van der Waals surface area contributed by atoms with Crippen LogP contribution >= 0.6 is 0 Å². The number of hydrogen-bond acceptors (Lipinski definition) is 5. The monoisotopic (exact) mass is 342 g/mol. The summed E-state index contributed by atoms with van der Waals surface area (Å²) in [6.45, 7) is 5.04. The van der Waals surface area contributed by atoms with Crippen LogP contribution in [0.25, 0.3) is 0 Å². The van der Waals surface area contributed by atoms with Gasteiger partial charge in [-0.2, -0.15) is 5.10 Å². The molecule has 0 spiro atoms. The molecule has 7 heteroatoms. The smallest absolute Gasteiger partial charge is 0.274 e. The third-order valence-corrected chi connectivity index (χ3v) is 4.39. The van der Waals surface area contributed by atoms with Crippen LogP contribution in [-0.4, -0.2) is 53.9 Å². The van der Waals surface area contributed by atoms with E-state index in [4.69, 9.17) is 4.74 Å². The van der Waals surface area contributed by atoms with Crippen molar-refractivity contribution in [1.29, 1.82) is 0 Å². The number of anilines is 1. The van der Waals surface area contributed by atoms with Crippen molar-refractivity contribution in [3.63, 3.8) is 0 Å². The van der Waals surface area contributed by atoms with Crippen LogP contribution in [0, 0.1) is 0 Å². The molecule has 1 saturated heterocycles. The van der Waals surface area contributed by atoms with Crippen LogP contribution in [0.15, 0.2) is 41.2 Å². The molecule has 25 heavy (non-hydrogen) atoms. The second-order valence-electron chi connectivity index (χ2n) is 5.85. The van der Waals surface area contributed by atoms with Crippen molar-refractivity contribution in [3.05, 3.63) is 52.4 Å². The van der Waals surface area contributed by atoms with Gasteiger partial charge >= 0.3 is 0 Å². The lowest BCUT2D eigenvalue weighted by molar-refractivity contribution is 0.0738. The number of nitrogens with zero attached hydrogens (tertiary/aromatic N) is 4. The Hall–Kier alpha value is -2.83. The van der Waals surface area contributed by atoms with Crippen LogP contribution in [0.1, 0.15) is 17.4 Å². The summed E-state index contributed by atoms with van der Waals surface area (Å²) in [6, 6.07) is 10.8. The van der Waals surface area contributed by atoms with Gasteiger partial charge in [0, 0.05) is 44.5 Å². The second kappa shape index (κ2) is 7.38. The Bertz CT molecular complexity index is 793. The van der Waals surface area contributed by atoms with Crippen molar-refractivity contribution in [3.8, 4) is 5.75 Å². The summed E-state index contributed by atoms with van der Waals surface area (Å²) in [5.41, 5.74) is 1.24. The van der Waals surface area contributed by atoms with Crippen LogP contribution in [0.2, 0.25) is 0 Å². The number of aryl methyl sites for hydroxylation is 1. The maximum atomic E-state index is 12.6. The molecular weight excluding hydrogens is 320 g/mol. The molecule has 0 radical (unpaired) electrons. The summed E-state index contributed by atoms with van der Waals surface area (Å²) in [5, 5.41) is 4.15. The van der Waals surface area contributed by atoms with Gasteiger partial charge in [0.25, 0.3) is 11.5 Å². The van der Waals surface area contributed by atoms with Crippen molar-refractivity contribution < 1.29 is 9.53 Å². The molecule has 1 fully saturated rings. The third-order valence-electron chi connectivity index (χ3n) is 4.39. The number of ether oxygens (including phenoxy) is 1. The maximum absolute atomic E-state index is 12.6. The fourth-order valence-electron chi connectivity index (χ4n) is 2.91. The SMILES string of the molecule is CCn1nc(C(=O)N2CCN(c3ccc(OC)cc3)CC2)ccc1=O. The zero-order valence-electron chi connectivity index (χ0n) is 14.5. The Balaban J connectivity index is 1.65. The second-order valence-corrected chi connectivity index (χ2v) is 5.85. The fourth-order valence-corrected chi connectivity index (χ4v) is 2.91. The van der Waals surface area contributed by atoms with Gasteiger partial charge < -0.3 is 14.5 Å². The summed E-state index contributed by atoms with van der Waals surface area (Å²) < 4.78 is 6.49. The number of rotatable bonds is 4. The third kappa shape index (κ3) is 3.65. The molecule has 0 bridgehead atoms. The summed E-state index contributed by atoms with van der Waals surface area (Å²) >= 11 is 0. The van der Waals surface area contributed by atoms with Gasteiger partial charge in [-0.3, -0.25) is 9.59 Å². The number of amides is 1. The van der Waals surface area contributed by atoms with Gasteiger partial charge in [-0.15, -0.1) is 0 Å². The van der Waals surface area contributed by atoms with E-state index in [1.165, 1.54) is 16.8 Å². The molecule has 3 rings (SSSR count). The highest BCUT2D eigenvalue weighted by atomic mass is 16.5. The normalized spacial score (nSPS) is 14.5. The molecule has 1 aliphatic rings. The predicted octanol–water partition coefficient (Wildman–Crippen LogP) is 1.23. The molecule has 1 aliphatic heterocycles. The van der Waals surface area contributed by atoms with Crippen LogP contribution in [0.4, 0.5) is 5.69 Å². The molecule has 1 aromatic heterocycles. The first-order chi connectivity index (χ1) is 12.1. The molecule has 0 N–H and O–H groups in total. The van der Waals surface area contributed by atoms with E-state index in [0.29, 0.717) is 25.3 Å². The average Bonchev–Trinajstić information content (AvgIpc) is 2.68. The van der Waals surface area contributed by atoms with Crippen molar-refractivity contribution in [2.75, 3.05) is 38.2 Å². The molecule has 0 saturated carbocycles. The van der Waals surface area contributed by atoms with Crippen molar-refractivity contribution >= 4 is 11.6 Å². The molecule has 1 amide bonds. The largest absolute Gasteiger partial charge is 0.497 e. The maximum Gasteiger partial charge on any atom is 0.274 e. The Kier molecular flexibility index (Phi) is 5.02. The van der Waals surface area contributed by atoms with Crippen LogP contribution < -0.4 is 15.2 Å². The number of carbonyl (C=O) groups excluding carboxylic acids is 1. The van der Waals surface area contributed by atoms with E-state index in [0.717, 1.165) is 24.5 Å². The first-order valence-electron chi connectivity index (χ1n) is 8.39. The predicted molar refractivity (Wildman–Crippen MR) is 95.3 cm³/mol. The molecule has 0 unspecified atom stereocenters. The average molecular weight is 342 g/mol. The molecular formula is C18H22N4O3. The lowest BCUT2D eigenvalue weighted by Crippen LogP contribution is -2.49. The fraction of sp³-hybridized carbons (Fsp3) is 0.389. The summed E-state index contributed by atoms with van der Waals surface area (Å²) in [5.74, 6) is 0.700. The Morgan fingerprint density at radius 3 is 2.36 bits per heavy atom. The number of hydrogen-bond donors (Lipinski definition) is 0. The minimum Gasteiger partial charge on any atom is -0.497 e. The highest BCUT2D eigenvalue weighted by Gasteiger charge is 2.23. The molecule has 2 heterocycles. The van der Waals surface area contributed by atoms with Crippen molar-refractivity contribution in [2.24, 2.45) is 0 Å². The van der Waals surface area contributed by atoms with E-state index in [-0.39, 0.29) is 11.5 Å². The number of piperazine rings is 1. The topological polar surface area (TPSA) is 67.7 Å². The van der Waals surface area contributed by atoms with Gasteiger partial charge in [-0.1, -0.05) is 0 Å². The number of carbonyl (C=O) groups is 1. The van der Waals surface area contributed by atoms with Gasteiger partial charge in [0.1, 0.15) is 11.4 Å². The quantitative estimate of drug-likeness (QED) is 0.836. The molecule has 1 aromatic carbocycles. The van der Waals surface area contributed by atoms with E-state index < -0.39 is 0 Å². The van der Waals surface area contributed by atoms with Gasteiger partial charge in [-0.25, -0.2) is 4.68 Å². The molecule has 2 aromatic rings. The minimum absolute atomic E-state index is 0.128. The zero-order valence-corrected chi connectivity index (χ0v) is 14.5. The Labute approximate surface area is 146 Å². The first kappa shape index (κ1) is 17.0. The Morgan fingerprint density at radius 2 is 1.76 bits per heavy atom. The van der Waals surface area contributed by atoms with Crippen LogP contribution in [0.5, 0.6) is 5.75 Å². The van der Waals surface area contributed by atoms with Crippen LogP contribution in [0.3, 0.4) is 0 Å². The van der Waals surface area contributed by atoms with E-state index in [1.54, 1.807) is 12.0 Å². The van der Waals surface area contributed by atoms with Gasteiger partial charge in [0.05, 0.1) is 7.11 Å². The zero-order chi connectivity index (χ0) is 17.8. The molecule has 132 valence electrons. The van der Waals surface area contributed by atoms with Gasteiger partial charge in [0.2, 0.25) is 0 Å². The van der Waals surface area contributed by atoms with Crippen molar-refractivity contribution in [2.45, 2.75) is 13.5 Å². The van der Waals surface area contributed by atoms with Crippen molar-refractivity contribution in [1.82, 2.24) is 14.7 Å². The van der Waals surface area contributed by atoms with Crippen LogP contribution in [-0.2, 0) is 6.54 Å². The summed E-state index contributed by atoms with van der Waals surface area (Å²) in [6.07, 6.45) is 0. The minimum atomic E-state index is -0.191. The van der Waals surface area contributed by atoms with E-state index in [1.807, 2.05) is 31.2 Å².